The molecule has 0 radical (unpaired) electrons. The normalized spacial score (nSPS) is 22.5. The topological polar surface area (TPSA) is 79.8 Å². The molecule has 2 N–H and O–H groups in total. The molecule has 2 atom stereocenters. The summed E-state index contributed by atoms with van der Waals surface area (Å²) < 4.78 is 0. The van der Waals surface area contributed by atoms with Crippen LogP contribution in [0.25, 0.3) is 0 Å². The zero-order chi connectivity index (χ0) is 18.0. The van der Waals surface area contributed by atoms with E-state index in [0.29, 0.717) is 11.3 Å². The van der Waals surface area contributed by atoms with Crippen molar-refractivity contribution < 1.29 is 4.79 Å². The highest BCUT2D eigenvalue weighted by Crippen LogP contribution is 2.49. The van der Waals surface area contributed by atoms with E-state index >= 15 is 0 Å². The average Bonchev–Trinajstić information content (AvgIpc) is 3.56. The summed E-state index contributed by atoms with van der Waals surface area (Å²) in [5, 5.41) is 6.56. The number of hydrogen-bond donors (Lipinski definition) is 2. The lowest BCUT2D eigenvalue weighted by Gasteiger charge is -2.17. The third kappa shape index (κ3) is 4.00. The van der Waals surface area contributed by atoms with Crippen LogP contribution in [0, 0.1) is 18.3 Å². The summed E-state index contributed by atoms with van der Waals surface area (Å²) in [5.41, 5.74) is 1.53. The van der Waals surface area contributed by atoms with Crippen LogP contribution in [0.15, 0.2) is 36.8 Å². The summed E-state index contributed by atoms with van der Waals surface area (Å²) in [4.78, 5) is 24.9. The van der Waals surface area contributed by atoms with Gasteiger partial charge >= 0.3 is 0 Å². The molecule has 6 heteroatoms. The van der Waals surface area contributed by atoms with Gasteiger partial charge in [-0.15, -0.1) is 0 Å². The molecule has 1 amide bonds. The molecule has 6 nitrogen and oxygen atoms in total. The van der Waals surface area contributed by atoms with Crippen molar-refractivity contribution in [2.24, 2.45) is 11.3 Å². The number of carbonyl (C=O) groups excluding carboxylic acids is 1. The third-order valence-corrected chi connectivity index (χ3v) is 5.59. The second kappa shape index (κ2) is 7.02. The molecule has 2 heterocycles. The fourth-order valence-electron chi connectivity index (χ4n) is 3.57. The Kier molecular flexibility index (Phi) is 4.57. The Hall–Kier alpha value is -2.50. The molecule has 0 aromatic carbocycles. The van der Waals surface area contributed by atoms with E-state index in [9.17, 15) is 4.79 Å². The Morgan fingerprint density at radius 3 is 2.77 bits per heavy atom. The molecule has 4 rings (SSSR count). The van der Waals surface area contributed by atoms with Crippen LogP contribution >= 0.6 is 0 Å². The van der Waals surface area contributed by atoms with E-state index in [1.165, 1.54) is 18.4 Å². The van der Waals surface area contributed by atoms with Crippen LogP contribution in [-0.2, 0) is 4.79 Å². The largest absolute Gasteiger partial charge is 0.369 e. The molecule has 0 unspecified atom stereocenters. The van der Waals surface area contributed by atoms with Crippen LogP contribution in [0.2, 0.25) is 0 Å². The van der Waals surface area contributed by atoms with Gasteiger partial charge in [-0.05, 0) is 67.7 Å². The molecule has 2 aromatic heterocycles. The Labute approximate surface area is 153 Å². The number of amides is 1. The summed E-state index contributed by atoms with van der Waals surface area (Å²) >= 11 is 0. The number of carbonyl (C=O) groups is 1. The molecule has 2 aliphatic carbocycles. The predicted molar refractivity (Wildman–Crippen MR) is 99.6 cm³/mol. The number of nitrogens with one attached hydrogen (secondary N) is 2. The molecular weight excluding hydrogens is 326 g/mol. The lowest BCUT2D eigenvalue weighted by atomic mass is 10.0. The van der Waals surface area contributed by atoms with E-state index in [-0.39, 0.29) is 11.8 Å². The molecule has 2 saturated carbocycles. The monoisotopic (exact) mass is 351 g/mol. The van der Waals surface area contributed by atoms with E-state index in [1.54, 1.807) is 18.6 Å². The number of pyridine rings is 1. The van der Waals surface area contributed by atoms with Crippen molar-refractivity contribution >= 4 is 11.7 Å². The quantitative estimate of drug-likeness (QED) is 0.764. The van der Waals surface area contributed by atoms with E-state index in [1.807, 2.05) is 25.1 Å². The molecule has 0 bridgehead atoms. The lowest BCUT2D eigenvalue weighted by molar-refractivity contribution is -0.122. The van der Waals surface area contributed by atoms with Gasteiger partial charge in [0.25, 0.3) is 0 Å². The fraction of sp³-hybridized carbons (Fsp3) is 0.500. The molecule has 2 aliphatic rings. The first-order chi connectivity index (χ1) is 12.7. The minimum atomic E-state index is 0.134. The highest BCUT2D eigenvalue weighted by molar-refractivity contribution is 5.82. The number of anilines is 1. The molecule has 0 aliphatic heterocycles. The zero-order valence-corrected chi connectivity index (χ0v) is 15.1. The first kappa shape index (κ1) is 16.9. The lowest BCUT2D eigenvalue weighted by Crippen LogP contribution is -2.29. The van der Waals surface area contributed by atoms with Crippen molar-refractivity contribution in [3.63, 3.8) is 0 Å². The Morgan fingerprint density at radius 1 is 1.23 bits per heavy atom. The molecule has 2 aromatic rings. The minimum absolute atomic E-state index is 0.134. The van der Waals surface area contributed by atoms with Crippen LogP contribution in [0.4, 0.5) is 5.82 Å². The third-order valence-electron chi connectivity index (χ3n) is 5.59. The number of aromatic nitrogens is 3. The summed E-state index contributed by atoms with van der Waals surface area (Å²) in [7, 11) is 0. The summed E-state index contributed by atoms with van der Waals surface area (Å²) in [6, 6.07) is 5.92. The number of hydrogen-bond acceptors (Lipinski definition) is 5. The summed E-state index contributed by atoms with van der Waals surface area (Å²) in [5.74, 6) is 2.36. The predicted octanol–water partition coefficient (Wildman–Crippen LogP) is 2.68. The molecular formula is C20H25N5O. The van der Waals surface area contributed by atoms with E-state index < -0.39 is 0 Å². The highest BCUT2D eigenvalue weighted by atomic mass is 16.2. The molecule has 136 valence electrons. The molecule has 0 saturated heterocycles. The van der Waals surface area contributed by atoms with E-state index in [2.05, 4.69) is 25.6 Å². The first-order valence-electron chi connectivity index (χ1n) is 9.36. The van der Waals surface area contributed by atoms with Crippen LogP contribution in [0.5, 0.6) is 0 Å². The van der Waals surface area contributed by atoms with Gasteiger partial charge < -0.3 is 10.6 Å². The number of nitrogens with zero attached hydrogens (tertiary/aromatic N) is 3. The van der Waals surface area contributed by atoms with Crippen LogP contribution in [0.1, 0.15) is 43.0 Å². The van der Waals surface area contributed by atoms with Gasteiger partial charge in [0.15, 0.2) is 0 Å². The standard InChI is InChI=1S/C20H25N5O/c1-14-22-10-4-18(25-14)24-13-20(5-6-20)7-11-23-19(26)17-12-16(17)15-2-8-21-9-3-15/h2-4,8-10,16-17H,5-7,11-13H2,1H3,(H,23,26)(H,22,24,25)/t16-,17+/m0/s1. The summed E-state index contributed by atoms with van der Waals surface area (Å²) in [6.45, 7) is 3.55. The van der Waals surface area contributed by atoms with Crippen molar-refractivity contribution in [2.45, 2.75) is 38.5 Å². The van der Waals surface area contributed by atoms with Crippen LogP contribution in [0.3, 0.4) is 0 Å². The van der Waals surface area contributed by atoms with Crippen molar-refractivity contribution in [1.29, 1.82) is 0 Å². The van der Waals surface area contributed by atoms with Crippen molar-refractivity contribution in [3.8, 4) is 0 Å². The smallest absolute Gasteiger partial charge is 0.223 e. The number of rotatable bonds is 8. The Morgan fingerprint density at radius 2 is 2.04 bits per heavy atom. The van der Waals surface area contributed by atoms with Gasteiger partial charge in [0.1, 0.15) is 11.6 Å². The zero-order valence-electron chi connectivity index (χ0n) is 15.1. The van der Waals surface area contributed by atoms with Gasteiger partial charge in [0.2, 0.25) is 5.91 Å². The summed E-state index contributed by atoms with van der Waals surface area (Å²) in [6.07, 6.45) is 9.76. The SMILES string of the molecule is Cc1nccc(NCC2(CCNC(=O)[C@@H]3C[C@H]3c3ccncc3)CC2)n1. The molecule has 2 fully saturated rings. The maximum atomic E-state index is 12.4. The first-order valence-corrected chi connectivity index (χ1v) is 9.36. The second-order valence-electron chi connectivity index (χ2n) is 7.61. The molecule has 26 heavy (non-hydrogen) atoms. The van der Waals surface area contributed by atoms with Gasteiger partial charge in [-0.25, -0.2) is 9.97 Å². The van der Waals surface area contributed by atoms with Gasteiger partial charge in [-0.2, -0.15) is 0 Å². The van der Waals surface area contributed by atoms with Gasteiger partial charge in [-0.1, -0.05) is 0 Å². The van der Waals surface area contributed by atoms with Crippen molar-refractivity contribution in [2.75, 3.05) is 18.4 Å². The van der Waals surface area contributed by atoms with Gasteiger partial charge in [0.05, 0.1) is 0 Å². The fourth-order valence-corrected chi connectivity index (χ4v) is 3.57. The van der Waals surface area contributed by atoms with Crippen LogP contribution in [-0.4, -0.2) is 33.9 Å². The van der Waals surface area contributed by atoms with Crippen LogP contribution < -0.4 is 10.6 Å². The van der Waals surface area contributed by atoms with Crippen molar-refractivity contribution in [1.82, 2.24) is 20.3 Å². The van der Waals surface area contributed by atoms with E-state index in [4.69, 9.17) is 0 Å². The second-order valence-corrected chi connectivity index (χ2v) is 7.61. The van der Waals surface area contributed by atoms with E-state index in [0.717, 1.165) is 37.6 Å². The molecule has 0 spiro atoms. The van der Waals surface area contributed by atoms with Gasteiger partial charge in [0, 0.05) is 37.6 Å². The highest BCUT2D eigenvalue weighted by Gasteiger charge is 2.45. The Bertz CT molecular complexity index is 775. The Balaban J connectivity index is 1.19. The minimum Gasteiger partial charge on any atom is -0.369 e. The van der Waals surface area contributed by atoms with Crippen molar-refractivity contribution in [3.05, 3.63) is 48.2 Å². The van der Waals surface area contributed by atoms with Gasteiger partial charge in [-0.3, -0.25) is 9.78 Å². The maximum absolute atomic E-state index is 12.4. The average molecular weight is 351 g/mol. The number of aryl methyl sites for hydroxylation is 1. The maximum Gasteiger partial charge on any atom is 0.223 e.